The Morgan fingerprint density at radius 1 is 1.15 bits per heavy atom. The molecule has 0 unspecified atom stereocenters. The summed E-state index contributed by atoms with van der Waals surface area (Å²) in [7, 11) is 1.69. The molecule has 4 nitrogen and oxygen atoms in total. The zero-order valence-corrected chi connectivity index (χ0v) is 21.4. The summed E-state index contributed by atoms with van der Waals surface area (Å²) >= 11 is 0. The van der Waals surface area contributed by atoms with Gasteiger partial charge in [0.15, 0.2) is 0 Å². The van der Waals surface area contributed by atoms with E-state index in [1.807, 2.05) is 30.5 Å². The van der Waals surface area contributed by atoms with Crippen LogP contribution >= 0.6 is 0 Å². The third-order valence-electron chi connectivity index (χ3n) is 8.80. The van der Waals surface area contributed by atoms with Crippen LogP contribution in [0.2, 0.25) is 0 Å². The fraction of sp³-hybridized carbons (Fsp3) is 0.633. The smallest absolute Gasteiger partial charge is 0.131 e. The lowest BCUT2D eigenvalue weighted by atomic mass is 9.71. The lowest BCUT2D eigenvalue weighted by molar-refractivity contribution is -0.973. The van der Waals surface area contributed by atoms with Gasteiger partial charge in [0, 0.05) is 30.3 Å². The average Bonchev–Trinajstić information content (AvgIpc) is 2.89. The van der Waals surface area contributed by atoms with Crippen LogP contribution in [-0.4, -0.2) is 47.4 Å². The molecule has 1 aromatic carbocycles. The highest BCUT2D eigenvalue weighted by Crippen LogP contribution is 2.47. The van der Waals surface area contributed by atoms with Crippen LogP contribution in [0.3, 0.4) is 0 Å². The monoisotopic (exact) mass is 465 g/mol. The molecule has 3 aliphatic heterocycles. The van der Waals surface area contributed by atoms with Crippen molar-refractivity contribution in [2.75, 3.05) is 26.7 Å². The van der Waals surface area contributed by atoms with Gasteiger partial charge in [0.25, 0.3) is 0 Å². The Morgan fingerprint density at radius 3 is 2.65 bits per heavy atom. The molecule has 34 heavy (non-hydrogen) atoms. The van der Waals surface area contributed by atoms with Crippen molar-refractivity contribution in [1.82, 2.24) is 4.98 Å². The number of methoxy groups -OCH3 is 1. The van der Waals surface area contributed by atoms with Crippen molar-refractivity contribution in [3.8, 4) is 5.75 Å². The van der Waals surface area contributed by atoms with Crippen LogP contribution in [0, 0.1) is 11.8 Å². The van der Waals surface area contributed by atoms with Crippen molar-refractivity contribution in [3.63, 3.8) is 0 Å². The Balaban J connectivity index is 1.50. The summed E-state index contributed by atoms with van der Waals surface area (Å²) in [6.07, 6.45) is 16.7. The molecule has 5 atom stereocenters. The molecule has 1 aromatic heterocycles. The van der Waals surface area contributed by atoms with Crippen molar-refractivity contribution < 1.29 is 14.3 Å². The topological polar surface area (TPSA) is 42.4 Å². The number of benzene rings is 1. The molecule has 4 heteroatoms. The maximum absolute atomic E-state index is 11.9. The van der Waals surface area contributed by atoms with E-state index in [9.17, 15) is 5.11 Å². The first kappa shape index (κ1) is 25.2. The minimum atomic E-state index is -0.486. The SMILES string of the molecule is C=C[C@H]1C[N@+]2(CCCCCCCCCC)CC[C@H]1C[C@H]2[C@H](O)c1ccnc2ccc(OC)cc12. The predicted molar refractivity (Wildman–Crippen MR) is 141 cm³/mol. The molecule has 3 fully saturated rings. The number of aliphatic hydroxyl groups excluding tert-OH is 1. The zero-order valence-electron chi connectivity index (χ0n) is 21.4. The second kappa shape index (κ2) is 11.7. The van der Waals surface area contributed by atoms with Crippen LogP contribution in [0.25, 0.3) is 10.9 Å². The summed E-state index contributed by atoms with van der Waals surface area (Å²) in [6.45, 7) is 9.97. The minimum Gasteiger partial charge on any atom is -0.497 e. The largest absolute Gasteiger partial charge is 0.497 e. The lowest BCUT2D eigenvalue weighted by Gasteiger charge is -2.58. The Morgan fingerprint density at radius 2 is 1.91 bits per heavy atom. The number of nitrogens with zero attached hydrogens (tertiary/aromatic N) is 2. The van der Waals surface area contributed by atoms with Crippen LogP contribution in [0.4, 0.5) is 0 Å². The molecule has 1 N–H and O–H groups in total. The standard InChI is InChI=1S/C30H45N2O2/c1-4-6-7-8-9-10-11-12-18-32-19-16-24(23(5-2)22-32)20-29(32)30(33)26-15-17-31-28-14-13-25(34-3)21-27(26)28/h5,13-15,17,21,23-24,29-30,33H,2,4,6-12,16,18-20,22H2,1,3H3/q+1/t23-,24-,29-,30+,32-/m0/s1. The number of pyridine rings is 1. The zero-order chi connectivity index (χ0) is 24.0. The molecule has 3 aliphatic rings. The quantitative estimate of drug-likeness (QED) is 0.200. The van der Waals surface area contributed by atoms with Crippen molar-refractivity contribution in [1.29, 1.82) is 0 Å². The van der Waals surface area contributed by atoms with Gasteiger partial charge in [-0.2, -0.15) is 0 Å². The summed E-state index contributed by atoms with van der Waals surface area (Å²) < 4.78 is 6.54. The van der Waals surface area contributed by atoms with Crippen molar-refractivity contribution in [2.24, 2.45) is 11.8 Å². The van der Waals surface area contributed by atoms with Gasteiger partial charge in [-0.3, -0.25) is 4.98 Å². The number of unbranched alkanes of at least 4 members (excludes halogenated alkanes) is 7. The van der Waals surface area contributed by atoms with Crippen molar-refractivity contribution >= 4 is 10.9 Å². The maximum Gasteiger partial charge on any atom is 0.131 e. The fourth-order valence-corrected chi connectivity index (χ4v) is 6.79. The highest BCUT2D eigenvalue weighted by Gasteiger charge is 2.53. The normalized spacial score (nSPS) is 27.1. The first-order chi connectivity index (χ1) is 16.6. The Bertz CT molecular complexity index is 945. The van der Waals surface area contributed by atoms with Gasteiger partial charge in [0.05, 0.1) is 32.3 Å². The lowest BCUT2D eigenvalue weighted by Crippen LogP contribution is -2.68. The molecule has 5 rings (SSSR count). The fourth-order valence-electron chi connectivity index (χ4n) is 6.79. The summed E-state index contributed by atoms with van der Waals surface area (Å²) in [6, 6.07) is 8.25. The van der Waals surface area contributed by atoms with Crippen molar-refractivity contribution in [3.05, 3.63) is 48.7 Å². The van der Waals surface area contributed by atoms with Gasteiger partial charge in [0.2, 0.25) is 0 Å². The molecule has 0 aliphatic carbocycles. The van der Waals surface area contributed by atoms with Crippen LogP contribution < -0.4 is 4.74 Å². The number of aromatic nitrogens is 1. The number of hydrogen-bond acceptors (Lipinski definition) is 3. The summed E-state index contributed by atoms with van der Waals surface area (Å²) in [5, 5.41) is 12.9. The Hall–Kier alpha value is -1.91. The molecular weight excluding hydrogens is 420 g/mol. The molecule has 0 spiro atoms. The van der Waals surface area contributed by atoms with E-state index < -0.39 is 6.10 Å². The van der Waals surface area contributed by atoms with Gasteiger partial charge < -0.3 is 14.3 Å². The van der Waals surface area contributed by atoms with Crippen LogP contribution in [0.1, 0.15) is 82.8 Å². The third-order valence-corrected chi connectivity index (χ3v) is 8.80. The molecule has 0 amide bonds. The molecule has 4 heterocycles. The van der Waals surface area contributed by atoms with Crippen molar-refractivity contribution in [2.45, 2.75) is 83.3 Å². The number of ether oxygens (including phenoxy) is 1. The Kier molecular flexibility index (Phi) is 8.65. The number of fused-ring (bicyclic) bond motifs is 4. The van der Waals surface area contributed by atoms with E-state index in [0.29, 0.717) is 11.8 Å². The number of aliphatic hydroxyl groups is 1. The van der Waals surface area contributed by atoms with Gasteiger partial charge in [-0.1, -0.05) is 51.5 Å². The number of piperidine rings is 3. The first-order valence-electron chi connectivity index (χ1n) is 13.7. The summed E-state index contributed by atoms with van der Waals surface area (Å²) in [4.78, 5) is 4.55. The molecule has 0 radical (unpaired) electrons. The maximum atomic E-state index is 11.9. The second-order valence-electron chi connectivity index (χ2n) is 10.8. The van der Waals surface area contributed by atoms with Gasteiger partial charge >= 0.3 is 0 Å². The number of rotatable bonds is 13. The van der Waals surface area contributed by atoms with Crippen LogP contribution in [-0.2, 0) is 0 Å². The first-order valence-corrected chi connectivity index (χ1v) is 13.7. The highest BCUT2D eigenvalue weighted by atomic mass is 16.5. The van der Waals surface area contributed by atoms with Gasteiger partial charge in [-0.25, -0.2) is 0 Å². The van der Waals surface area contributed by atoms with E-state index in [1.165, 1.54) is 70.9 Å². The Labute approximate surface area is 206 Å². The van der Waals surface area contributed by atoms with Crippen LogP contribution in [0.15, 0.2) is 43.1 Å². The van der Waals surface area contributed by atoms with Crippen LogP contribution in [0.5, 0.6) is 5.75 Å². The van der Waals surface area contributed by atoms with Gasteiger partial charge in [-0.05, 0) is 48.6 Å². The van der Waals surface area contributed by atoms with E-state index in [4.69, 9.17) is 4.74 Å². The highest BCUT2D eigenvalue weighted by molar-refractivity contribution is 5.83. The second-order valence-corrected chi connectivity index (χ2v) is 10.8. The molecule has 186 valence electrons. The van der Waals surface area contributed by atoms with E-state index in [0.717, 1.165) is 39.7 Å². The van der Waals surface area contributed by atoms with E-state index in [1.54, 1.807) is 7.11 Å². The van der Waals surface area contributed by atoms with E-state index >= 15 is 0 Å². The van der Waals surface area contributed by atoms with E-state index in [-0.39, 0.29) is 6.04 Å². The molecular formula is C30H45N2O2+. The summed E-state index contributed by atoms with van der Waals surface area (Å²) in [5.41, 5.74) is 1.93. The molecule has 2 aromatic rings. The predicted octanol–water partition coefficient (Wildman–Crippen LogP) is 6.83. The third kappa shape index (κ3) is 5.33. The molecule has 0 saturated carbocycles. The van der Waals surface area contributed by atoms with E-state index in [2.05, 4.69) is 24.6 Å². The molecule has 2 bridgehead atoms. The summed E-state index contributed by atoms with van der Waals surface area (Å²) in [5.74, 6) is 2.05. The molecule has 3 saturated heterocycles. The van der Waals surface area contributed by atoms with Gasteiger partial charge in [0.1, 0.15) is 17.9 Å². The number of hydrogen-bond donors (Lipinski definition) is 1. The minimum absolute atomic E-state index is 0.247. The number of quaternary nitrogens is 1. The average molecular weight is 466 g/mol. The van der Waals surface area contributed by atoms with Gasteiger partial charge in [-0.15, -0.1) is 6.58 Å².